The number of aliphatic hydroxyl groups is 1. The number of halogens is 1. The Labute approximate surface area is 147 Å². The molecular weight excluding hydrogens is 356 g/mol. The molecule has 3 N–H and O–H groups in total. The van der Waals surface area contributed by atoms with Crippen LogP contribution in [0.2, 0.25) is 5.02 Å². The highest BCUT2D eigenvalue weighted by atomic mass is 35.5. The molecule has 2 amide bonds. The number of anilines is 1. The van der Waals surface area contributed by atoms with Crippen LogP contribution in [-0.4, -0.2) is 52.7 Å². The zero-order valence-corrected chi connectivity index (χ0v) is 14.7. The van der Waals surface area contributed by atoms with Crippen molar-refractivity contribution in [3.63, 3.8) is 0 Å². The maximum absolute atomic E-state index is 12.0. The molecule has 1 aliphatic rings. The van der Waals surface area contributed by atoms with Gasteiger partial charge in [0.05, 0.1) is 38.6 Å². The molecule has 2 rings (SSSR count). The Morgan fingerprint density at radius 2 is 2.17 bits per heavy atom. The van der Waals surface area contributed by atoms with Crippen molar-refractivity contribution in [3.8, 4) is 0 Å². The van der Waals surface area contributed by atoms with Crippen molar-refractivity contribution in [2.75, 3.05) is 24.7 Å². The Balaban J connectivity index is 1.94. The van der Waals surface area contributed by atoms with Crippen LogP contribution in [0.1, 0.15) is 12.8 Å². The fraction of sp³-hybridized carbons (Fsp3) is 0.467. The van der Waals surface area contributed by atoms with Crippen LogP contribution in [0.15, 0.2) is 23.1 Å². The average molecular weight is 375 g/mol. The maximum Gasteiger partial charge on any atom is 0.313 e. The van der Waals surface area contributed by atoms with Gasteiger partial charge < -0.3 is 20.5 Å². The minimum atomic E-state index is -1.42. The van der Waals surface area contributed by atoms with Gasteiger partial charge in [-0.15, -0.1) is 0 Å². The first-order valence-electron chi connectivity index (χ1n) is 7.39. The predicted molar refractivity (Wildman–Crippen MR) is 90.4 cm³/mol. The van der Waals surface area contributed by atoms with Crippen LogP contribution in [0.3, 0.4) is 0 Å². The number of aliphatic hydroxyl groups excluding tert-OH is 1. The minimum absolute atomic E-state index is 0.130. The van der Waals surface area contributed by atoms with Crippen molar-refractivity contribution in [2.24, 2.45) is 0 Å². The molecule has 24 heavy (non-hydrogen) atoms. The van der Waals surface area contributed by atoms with Crippen molar-refractivity contribution < 1.29 is 23.6 Å². The predicted octanol–water partition coefficient (Wildman–Crippen LogP) is 0.672. The van der Waals surface area contributed by atoms with Gasteiger partial charge in [0.2, 0.25) is 0 Å². The molecule has 0 aliphatic carbocycles. The largest absolute Gasteiger partial charge is 0.393 e. The molecule has 1 aliphatic heterocycles. The van der Waals surface area contributed by atoms with E-state index in [4.69, 9.17) is 16.3 Å². The molecule has 1 unspecified atom stereocenters. The molecule has 3 atom stereocenters. The fourth-order valence-corrected chi connectivity index (χ4v) is 3.64. The number of hydrogen-bond donors (Lipinski definition) is 3. The van der Waals surface area contributed by atoms with Crippen LogP contribution in [0.4, 0.5) is 5.69 Å². The maximum atomic E-state index is 12.0. The number of carbonyl (C=O) groups excluding carboxylic acids is 2. The topological polar surface area (TPSA) is 105 Å². The van der Waals surface area contributed by atoms with Crippen LogP contribution in [0.25, 0.3) is 0 Å². The van der Waals surface area contributed by atoms with Gasteiger partial charge in [0.25, 0.3) is 0 Å². The van der Waals surface area contributed by atoms with Gasteiger partial charge in [-0.25, -0.2) is 0 Å². The van der Waals surface area contributed by atoms with E-state index in [2.05, 4.69) is 10.6 Å². The van der Waals surface area contributed by atoms with Crippen LogP contribution >= 0.6 is 11.6 Å². The van der Waals surface area contributed by atoms with E-state index >= 15 is 0 Å². The Morgan fingerprint density at radius 3 is 2.83 bits per heavy atom. The van der Waals surface area contributed by atoms with Gasteiger partial charge in [0, 0.05) is 25.8 Å². The lowest BCUT2D eigenvalue weighted by molar-refractivity contribution is -0.136. The van der Waals surface area contributed by atoms with Crippen molar-refractivity contribution >= 4 is 39.9 Å². The smallest absolute Gasteiger partial charge is 0.313 e. The molecule has 7 nitrogen and oxygen atoms in total. The van der Waals surface area contributed by atoms with Crippen LogP contribution in [-0.2, 0) is 25.1 Å². The summed E-state index contributed by atoms with van der Waals surface area (Å²) in [6, 6.07) is 4.66. The third-order valence-corrected chi connectivity index (χ3v) is 4.98. The molecule has 0 spiro atoms. The second-order valence-electron chi connectivity index (χ2n) is 5.41. The lowest BCUT2D eigenvalue weighted by Crippen LogP contribution is -2.43. The molecule has 1 aromatic rings. The lowest BCUT2D eigenvalue weighted by atomic mass is 10.1. The van der Waals surface area contributed by atoms with Gasteiger partial charge >= 0.3 is 11.8 Å². The van der Waals surface area contributed by atoms with Gasteiger partial charge in [-0.3, -0.25) is 13.8 Å². The third-order valence-electron chi connectivity index (χ3n) is 3.54. The average Bonchev–Trinajstić information content (AvgIpc) is 2.52. The number of nitrogens with one attached hydrogen (secondary N) is 2. The standard InChI is InChI=1S/C15H19ClN2O5S/c1-24(22)13-11(16)3-2-4-12(13)18-15(21)14(20)17-8-10-7-9(19)5-6-23-10/h2-4,9-10,19H,5-8H2,1H3,(H,17,20)(H,18,21)/t9-,10+,24?/m1/s1. The van der Waals surface area contributed by atoms with Gasteiger partial charge in [0.15, 0.2) is 0 Å². The molecular formula is C15H19ClN2O5S. The van der Waals surface area contributed by atoms with Gasteiger partial charge in [-0.2, -0.15) is 0 Å². The normalized spacial score (nSPS) is 21.8. The number of hydrogen-bond acceptors (Lipinski definition) is 5. The lowest BCUT2D eigenvalue weighted by Gasteiger charge is -2.26. The second kappa shape index (κ2) is 8.57. The van der Waals surface area contributed by atoms with E-state index in [-0.39, 0.29) is 28.3 Å². The molecule has 9 heteroatoms. The Kier molecular flexibility index (Phi) is 6.73. The number of ether oxygens (including phenoxy) is 1. The Hall–Kier alpha value is -1.48. The highest BCUT2D eigenvalue weighted by molar-refractivity contribution is 7.84. The summed E-state index contributed by atoms with van der Waals surface area (Å²) in [5.74, 6) is -1.73. The zero-order valence-electron chi connectivity index (χ0n) is 13.1. The Bertz CT molecular complexity index is 655. The molecule has 1 saturated heterocycles. The SMILES string of the molecule is CS(=O)c1c(Cl)cccc1NC(=O)C(=O)NC[C@@H]1C[C@H](O)CCO1. The second-order valence-corrected chi connectivity index (χ2v) is 7.13. The third kappa shape index (κ3) is 5.01. The minimum Gasteiger partial charge on any atom is -0.393 e. The summed E-state index contributed by atoms with van der Waals surface area (Å²) in [5.41, 5.74) is 0.229. The van der Waals surface area contributed by atoms with E-state index in [1.54, 1.807) is 12.1 Å². The summed E-state index contributed by atoms with van der Waals surface area (Å²) in [4.78, 5) is 24.1. The van der Waals surface area contributed by atoms with E-state index < -0.39 is 28.7 Å². The first-order chi connectivity index (χ1) is 11.4. The summed E-state index contributed by atoms with van der Waals surface area (Å²) in [6.45, 7) is 0.549. The molecule has 0 saturated carbocycles. The molecule has 1 fully saturated rings. The van der Waals surface area contributed by atoms with Crippen LogP contribution < -0.4 is 10.6 Å². The van der Waals surface area contributed by atoms with Gasteiger partial charge in [-0.05, 0) is 18.6 Å². The first-order valence-corrected chi connectivity index (χ1v) is 9.33. The van der Waals surface area contributed by atoms with Crippen molar-refractivity contribution in [1.29, 1.82) is 0 Å². The van der Waals surface area contributed by atoms with Crippen molar-refractivity contribution in [3.05, 3.63) is 23.2 Å². The summed E-state index contributed by atoms with van der Waals surface area (Å²) < 4.78 is 17.1. The number of benzene rings is 1. The molecule has 1 aromatic carbocycles. The number of rotatable bonds is 4. The number of amides is 2. The summed E-state index contributed by atoms with van der Waals surface area (Å²) in [6.07, 6.45) is 1.63. The molecule has 0 bridgehead atoms. The summed E-state index contributed by atoms with van der Waals surface area (Å²) in [5, 5.41) is 14.7. The molecule has 1 heterocycles. The van der Waals surface area contributed by atoms with E-state index in [0.717, 1.165) is 0 Å². The van der Waals surface area contributed by atoms with Crippen molar-refractivity contribution in [2.45, 2.75) is 29.9 Å². The Morgan fingerprint density at radius 1 is 1.42 bits per heavy atom. The highest BCUT2D eigenvalue weighted by Gasteiger charge is 2.23. The highest BCUT2D eigenvalue weighted by Crippen LogP contribution is 2.27. The van der Waals surface area contributed by atoms with E-state index in [1.807, 2.05) is 0 Å². The van der Waals surface area contributed by atoms with Gasteiger partial charge in [0.1, 0.15) is 0 Å². The summed E-state index contributed by atoms with van der Waals surface area (Å²) in [7, 11) is -1.42. The molecule has 132 valence electrons. The van der Waals surface area contributed by atoms with Crippen LogP contribution in [0.5, 0.6) is 0 Å². The molecule has 0 radical (unpaired) electrons. The zero-order chi connectivity index (χ0) is 17.7. The van der Waals surface area contributed by atoms with E-state index in [0.29, 0.717) is 19.4 Å². The molecule has 0 aromatic heterocycles. The van der Waals surface area contributed by atoms with Gasteiger partial charge in [-0.1, -0.05) is 17.7 Å². The number of carbonyl (C=O) groups is 2. The van der Waals surface area contributed by atoms with Crippen molar-refractivity contribution in [1.82, 2.24) is 5.32 Å². The van der Waals surface area contributed by atoms with Crippen LogP contribution in [0, 0.1) is 0 Å². The monoisotopic (exact) mass is 374 g/mol. The first kappa shape index (κ1) is 18.9. The quantitative estimate of drug-likeness (QED) is 0.672. The van der Waals surface area contributed by atoms with E-state index in [9.17, 15) is 18.9 Å². The van der Waals surface area contributed by atoms with E-state index in [1.165, 1.54) is 12.3 Å². The fourth-order valence-electron chi connectivity index (χ4n) is 2.37. The summed E-state index contributed by atoms with van der Waals surface area (Å²) >= 11 is 5.98.